The molecule has 7 nitrogen and oxygen atoms in total. The molecule has 1 aliphatic rings. The zero-order valence-corrected chi connectivity index (χ0v) is 20.4. The molecule has 1 saturated heterocycles. The zero-order valence-electron chi connectivity index (χ0n) is 20.4. The van der Waals surface area contributed by atoms with Gasteiger partial charge in [0.1, 0.15) is 17.3 Å². The lowest BCUT2D eigenvalue weighted by Crippen LogP contribution is -2.45. The van der Waals surface area contributed by atoms with Crippen LogP contribution in [-0.2, 0) is 6.54 Å². The highest BCUT2D eigenvalue weighted by Gasteiger charge is 2.24. The monoisotopic (exact) mass is 491 g/mol. The number of hydrogen-bond donors (Lipinski definition) is 2. The van der Waals surface area contributed by atoms with E-state index in [1.54, 1.807) is 50.6 Å². The van der Waals surface area contributed by atoms with Crippen LogP contribution in [0.15, 0.2) is 66.7 Å². The second-order valence-electron chi connectivity index (χ2n) is 8.66. The van der Waals surface area contributed by atoms with E-state index in [9.17, 15) is 14.0 Å². The Balaban J connectivity index is 1.35. The first-order valence-electron chi connectivity index (χ1n) is 11.9. The highest BCUT2D eigenvalue weighted by Crippen LogP contribution is 2.26. The van der Waals surface area contributed by atoms with Crippen LogP contribution in [0.2, 0.25) is 0 Å². The van der Waals surface area contributed by atoms with Gasteiger partial charge in [-0.05, 0) is 54.8 Å². The fourth-order valence-corrected chi connectivity index (χ4v) is 4.29. The molecule has 0 atom stereocenters. The summed E-state index contributed by atoms with van der Waals surface area (Å²) in [7, 11) is 3.10. The predicted molar refractivity (Wildman–Crippen MR) is 136 cm³/mol. The molecule has 2 amide bonds. The molecule has 3 aromatic carbocycles. The number of carbonyl (C=O) groups is 2. The molecule has 36 heavy (non-hydrogen) atoms. The van der Waals surface area contributed by atoms with Gasteiger partial charge in [0.2, 0.25) is 0 Å². The van der Waals surface area contributed by atoms with Gasteiger partial charge in [0.05, 0.1) is 19.8 Å². The van der Waals surface area contributed by atoms with E-state index in [4.69, 9.17) is 9.47 Å². The van der Waals surface area contributed by atoms with Crippen LogP contribution in [0.1, 0.15) is 39.1 Å². The van der Waals surface area contributed by atoms with Crippen molar-refractivity contribution in [3.05, 3.63) is 89.2 Å². The van der Waals surface area contributed by atoms with E-state index in [0.717, 1.165) is 24.1 Å². The lowest BCUT2D eigenvalue weighted by Gasteiger charge is -2.35. The fraction of sp³-hybridized carbons (Fsp3) is 0.286. The second kappa shape index (κ2) is 11.6. The van der Waals surface area contributed by atoms with Crippen molar-refractivity contribution in [3.8, 4) is 11.5 Å². The van der Waals surface area contributed by atoms with E-state index in [1.807, 2.05) is 18.2 Å². The first-order chi connectivity index (χ1) is 17.5. The Kier molecular flexibility index (Phi) is 8.05. The molecule has 1 heterocycles. The number of ether oxygens (including phenoxy) is 2. The highest BCUT2D eigenvalue weighted by atomic mass is 19.1. The summed E-state index contributed by atoms with van der Waals surface area (Å²) in [6, 6.07) is 18.7. The smallest absolute Gasteiger partial charge is 0.253 e. The normalized spacial score (nSPS) is 13.7. The van der Waals surface area contributed by atoms with Crippen LogP contribution in [0.5, 0.6) is 11.5 Å². The number of nitrogens with one attached hydrogen (secondary N) is 2. The molecule has 0 saturated carbocycles. The van der Waals surface area contributed by atoms with Crippen LogP contribution in [0.25, 0.3) is 0 Å². The summed E-state index contributed by atoms with van der Waals surface area (Å²) >= 11 is 0. The summed E-state index contributed by atoms with van der Waals surface area (Å²) in [6.45, 7) is 1.72. The van der Waals surface area contributed by atoms with Crippen molar-refractivity contribution in [1.29, 1.82) is 0 Å². The standard InChI is InChI=1S/C28H30FN3O4/c1-35-23-15-20(16-24(17-23)36-2)27(33)31-22-11-13-32(14-12-22)26-6-4-3-5-25(26)28(34)30-18-19-7-9-21(29)10-8-19/h3-10,15-17,22H,11-14,18H2,1-2H3,(H,30,34)(H,31,33). The lowest BCUT2D eigenvalue weighted by molar-refractivity contribution is 0.0929. The number of para-hydroxylation sites is 1. The number of carbonyl (C=O) groups excluding carboxylic acids is 2. The largest absolute Gasteiger partial charge is 0.497 e. The van der Waals surface area contributed by atoms with Crippen LogP contribution in [0.3, 0.4) is 0 Å². The van der Waals surface area contributed by atoms with Crippen molar-refractivity contribution in [2.24, 2.45) is 0 Å². The van der Waals surface area contributed by atoms with Crippen LogP contribution >= 0.6 is 0 Å². The maximum Gasteiger partial charge on any atom is 0.253 e. The summed E-state index contributed by atoms with van der Waals surface area (Å²) in [4.78, 5) is 27.9. The predicted octanol–water partition coefficient (Wildman–Crippen LogP) is 4.17. The van der Waals surface area contributed by atoms with Crippen molar-refractivity contribution >= 4 is 17.5 Å². The Bertz CT molecular complexity index is 1190. The molecule has 0 bridgehead atoms. The molecule has 1 aliphatic heterocycles. The average Bonchev–Trinajstić information content (AvgIpc) is 2.92. The Morgan fingerprint density at radius 1 is 0.917 bits per heavy atom. The SMILES string of the molecule is COc1cc(OC)cc(C(=O)NC2CCN(c3ccccc3C(=O)NCc3ccc(F)cc3)CC2)c1. The van der Waals surface area contributed by atoms with E-state index in [2.05, 4.69) is 15.5 Å². The van der Waals surface area contributed by atoms with Crippen molar-refractivity contribution in [2.75, 3.05) is 32.2 Å². The van der Waals surface area contributed by atoms with Gasteiger partial charge in [0.25, 0.3) is 11.8 Å². The van der Waals surface area contributed by atoms with Gasteiger partial charge in [0.15, 0.2) is 0 Å². The molecule has 0 unspecified atom stereocenters. The average molecular weight is 492 g/mol. The van der Waals surface area contributed by atoms with Gasteiger partial charge in [-0.25, -0.2) is 4.39 Å². The number of rotatable bonds is 8. The molecular formula is C28H30FN3O4. The van der Waals surface area contributed by atoms with Crippen molar-refractivity contribution in [2.45, 2.75) is 25.4 Å². The van der Waals surface area contributed by atoms with Gasteiger partial charge < -0.3 is 25.0 Å². The van der Waals surface area contributed by atoms with Gasteiger partial charge in [-0.15, -0.1) is 0 Å². The Morgan fingerprint density at radius 2 is 1.56 bits per heavy atom. The number of anilines is 1. The highest BCUT2D eigenvalue weighted by molar-refractivity contribution is 6.00. The van der Waals surface area contributed by atoms with Gasteiger partial charge in [-0.2, -0.15) is 0 Å². The Hall–Kier alpha value is -4.07. The van der Waals surface area contributed by atoms with E-state index >= 15 is 0 Å². The van der Waals surface area contributed by atoms with Crippen LogP contribution in [0, 0.1) is 5.82 Å². The fourth-order valence-electron chi connectivity index (χ4n) is 4.29. The van der Waals surface area contributed by atoms with E-state index in [1.165, 1.54) is 12.1 Å². The maximum absolute atomic E-state index is 13.1. The molecule has 0 radical (unpaired) electrons. The Morgan fingerprint density at radius 3 is 2.19 bits per heavy atom. The van der Waals surface area contributed by atoms with Gasteiger partial charge in [-0.3, -0.25) is 9.59 Å². The number of hydrogen-bond acceptors (Lipinski definition) is 5. The van der Waals surface area contributed by atoms with Crippen molar-refractivity contribution in [3.63, 3.8) is 0 Å². The second-order valence-corrected chi connectivity index (χ2v) is 8.66. The van der Waals surface area contributed by atoms with E-state index < -0.39 is 0 Å². The minimum absolute atomic E-state index is 0.0189. The number of piperidine rings is 1. The van der Waals surface area contributed by atoms with Gasteiger partial charge in [0, 0.05) is 43.0 Å². The first-order valence-corrected chi connectivity index (χ1v) is 11.9. The van der Waals surface area contributed by atoms with Crippen LogP contribution < -0.4 is 25.0 Å². The third-order valence-corrected chi connectivity index (χ3v) is 6.30. The summed E-state index contributed by atoms with van der Waals surface area (Å²) < 4.78 is 23.7. The maximum atomic E-state index is 13.1. The molecule has 1 fully saturated rings. The molecule has 2 N–H and O–H groups in total. The summed E-state index contributed by atoms with van der Waals surface area (Å²) in [5, 5.41) is 6.03. The quantitative estimate of drug-likeness (QED) is 0.495. The van der Waals surface area contributed by atoms with Gasteiger partial charge in [-0.1, -0.05) is 24.3 Å². The van der Waals surface area contributed by atoms with E-state index in [0.29, 0.717) is 42.3 Å². The molecule has 0 aromatic heterocycles. The number of amides is 2. The summed E-state index contributed by atoms with van der Waals surface area (Å²) in [5.74, 6) is 0.453. The van der Waals surface area contributed by atoms with Crippen molar-refractivity contribution < 1.29 is 23.5 Å². The van der Waals surface area contributed by atoms with E-state index in [-0.39, 0.29) is 23.7 Å². The Labute approximate surface area is 210 Å². The molecule has 4 rings (SSSR count). The zero-order chi connectivity index (χ0) is 25.5. The van der Waals surface area contributed by atoms with Crippen LogP contribution in [-0.4, -0.2) is 45.2 Å². The number of nitrogens with zero attached hydrogens (tertiary/aromatic N) is 1. The number of benzene rings is 3. The van der Waals surface area contributed by atoms with Crippen LogP contribution in [0.4, 0.5) is 10.1 Å². The first kappa shape index (κ1) is 25.0. The molecular weight excluding hydrogens is 461 g/mol. The molecule has 188 valence electrons. The lowest BCUT2D eigenvalue weighted by atomic mass is 10.0. The molecule has 3 aromatic rings. The minimum Gasteiger partial charge on any atom is -0.497 e. The topological polar surface area (TPSA) is 79.9 Å². The summed E-state index contributed by atoms with van der Waals surface area (Å²) in [5.41, 5.74) is 2.76. The van der Waals surface area contributed by atoms with Gasteiger partial charge >= 0.3 is 0 Å². The number of halogens is 1. The molecule has 0 aliphatic carbocycles. The van der Waals surface area contributed by atoms with Crippen molar-refractivity contribution in [1.82, 2.24) is 10.6 Å². The summed E-state index contributed by atoms with van der Waals surface area (Å²) in [6.07, 6.45) is 1.50. The molecule has 8 heteroatoms. The third-order valence-electron chi connectivity index (χ3n) is 6.30. The number of methoxy groups -OCH3 is 2. The molecule has 0 spiro atoms. The third kappa shape index (κ3) is 6.13. The minimum atomic E-state index is -0.307.